The lowest BCUT2D eigenvalue weighted by Crippen LogP contribution is -2.51. The van der Waals surface area contributed by atoms with Crippen molar-refractivity contribution in [3.63, 3.8) is 0 Å². The average molecular weight is 422 g/mol. The van der Waals surface area contributed by atoms with Gasteiger partial charge in [-0.15, -0.1) is 0 Å². The van der Waals surface area contributed by atoms with Gasteiger partial charge in [0.2, 0.25) is 6.79 Å². The molecule has 7 nitrogen and oxygen atoms in total. The molecule has 2 aromatic carbocycles. The zero-order valence-corrected chi connectivity index (χ0v) is 17.4. The Morgan fingerprint density at radius 2 is 1.77 bits per heavy atom. The standard InChI is InChI=1S/C24H26N2O5/c27-23(18-4-2-1-3-5-18)25-10-11-29-20(14-25)15-26(13-17-6-7-17)24(28)19-8-9-21-22(12-19)31-16-30-21/h1-5,8-9,12,17,20H,6-7,10-11,13-16H2. The van der Waals surface area contributed by atoms with Gasteiger partial charge in [-0.2, -0.15) is 0 Å². The van der Waals surface area contributed by atoms with Gasteiger partial charge in [0.1, 0.15) is 0 Å². The molecule has 0 N–H and O–H groups in total. The molecule has 7 heteroatoms. The Bertz CT molecular complexity index is 960. The van der Waals surface area contributed by atoms with E-state index in [4.69, 9.17) is 14.2 Å². The monoisotopic (exact) mass is 422 g/mol. The van der Waals surface area contributed by atoms with Crippen molar-refractivity contribution in [1.29, 1.82) is 0 Å². The van der Waals surface area contributed by atoms with Crippen LogP contribution in [0.4, 0.5) is 0 Å². The van der Waals surface area contributed by atoms with Gasteiger partial charge >= 0.3 is 0 Å². The zero-order chi connectivity index (χ0) is 21.2. The first kappa shape index (κ1) is 19.9. The van der Waals surface area contributed by atoms with E-state index in [1.54, 1.807) is 18.2 Å². The number of carbonyl (C=O) groups excluding carboxylic acids is 2. The summed E-state index contributed by atoms with van der Waals surface area (Å²) in [5.74, 6) is 1.77. The number of ether oxygens (including phenoxy) is 3. The number of morpholine rings is 1. The third kappa shape index (κ3) is 4.51. The molecule has 0 aromatic heterocycles. The van der Waals surface area contributed by atoms with E-state index in [9.17, 15) is 9.59 Å². The van der Waals surface area contributed by atoms with E-state index in [1.165, 1.54) is 0 Å². The van der Waals surface area contributed by atoms with Gasteiger partial charge in [0, 0.05) is 37.3 Å². The Balaban J connectivity index is 1.28. The molecule has 1 atom stereocenters. The fourth-order valence-corrected chi connectivity index (χ4v) is 4.09. The largest absolute Gasteiger partial charge is 0.454 e. The van der Waals surface area contributed by atoms with E-state index in [1.807, 2.05) is 40.1 Å². The number of carbonyl (C=O) groups is 2. The van der Waals surface area contributed by atoms with E-state index >= 15 is 0 Å². The lowest BCUT2D eigenvalue weighted by molar-refractivity contribution is -0.0335. The molecule has 1 aliphatic carbocycles. The minimum Gasteiger partial charge on any atom is -0.454 e. The highest BCUT2D eigenvalue weighted by Gasteiger charge is 2.32. The van der Waals surface area contributed by atoms with E-state index in [0.717, 1.165) is 12.8 Å². The van der Waals surface area contributed by atoms with Crippen molar-refractivity contribution in [2.45, 2.75) is 18.9 Å². The Kier molecular flexibility index (Phi) is 5.51. The van der Waals surface area contributed by atoms with Gasteiger partial charge in [-0.3, -0.25) is 9.59 Å². The maximum absolute atomic E-state index is 13.3. The second kappa shape index (κ2) is 8.59. The summed E-state index contributed by atoms with van der Waals surface area (Å²) in [6.07, 6.45) is 2.09. The van der Waals surface area contributed by atoms with Crippen molar-refractivity contribution < 1.29 is 23.8 Å². The number of rotatable bonds is 6. The van der Waals surface area contributed by atoms with Crippen LogP contribution in [-0.4, -0.2) is 67.3 Å². The van der Waals surface area contributed by atoms with Crippen molar-refractivity contribution in [3.05, 3.63) is 59.7 Å². The maximum Gasteiger partial charge on any atom is 0.254 e. The molecule has 0 radical (unpaired) electrons. The molecule has 5 rings (SSSR count). The van der Waals surface area contributed by atoms with Gasteiger partial charge in [-0.25, -0.2) is 0 Å². The van der Waals surface area contributed by atoms with Gasteiger partial charge in [0.15, 0.2) is 11.5 Å². The molecule has 2 aliphatic heterocycles. The van der Waals surface area contributed by atoms with E-state index in [-0.39, 0.29) is 24.7 Å². The van der Waals surface area contributed by atoms with Crippen LogP contribution in [0.1, 0.15) is 33.6 Å². The fraction of sp³-hybridized carbons (Fsp3) is 0.417. The molecular formula is C24H26N2O5. The van der Waals surface area contributed by atoms with Crippen LogP contribution in [0, 0.1) is 5.92 Å². The van der Waals surface area contributed by atoms with E-state index in [0.29, 0.717) is 61.3 Å². The summed E-state index contributed by atoms with van der Waals surface area (Å²) in [4.78, 5) is 29.9. The summed E-state index contributed by atoms with van der Waals surface area (Å²) < 4.78 is 16.7. The molecule has 2 heterocycles. The molecule has 2 aromatic rings. The van der Waals surface area contributed by atoms with Crippen molar-refractivity contribution in [3.8, 4) is 11.5 Å². The molecular weight excluding hydrogens is 396 g/mol. The normalized spacial score (nSPS) is 19.9. The quantitative estimate of drug-likeness (QED) is 0.716. The van der Waals surface area contributed by atoms with Crippen LogP contribution < -0.4 is 9.47 Å². The molecule has 2 fully saturated rings. The number of fused-ring (bicyclic) bond motifs is 1. The highest BCUT2D eigenvalue weighted by atomic mass is 16.7. The minimum atomic E-state index is -0.210. The first-order chi connectivity index (χ1) is 15.2. The second-order valence-corrected chi connectivity index (χ2v) is 8.33. The van der Waals surface area contributed by atoms with Gasteiger partial charge in [-0.1, -0.05) is 18.2 Å². The van der Waals surface area contributed by atoms with Crippen molar-refractivity contribution in [2.75, 3.05) is 39.6 Å². The predicted octanol–water partition coefficient (Wildman–Crippen LogP) is 2.81. The predicted molar refractivity (Wildman–Crippen MR) is 113 cm³/mol. The summed E-state index contributed by atoms with van der Waals surface area (Å²) in [6.45, 7) is 2.85. The van der Waals surface area contributed by atoms with Crippen LogP contribution in [0.5, 0.6) is 11.5 Å². The topological polar surface area (TPSA) is 68.3 Å². The molecule has 162 valence electrons. The van der Waals surface area contributed by atoms with Crippen molar-refractivity contribution in [2.24, 2.45) is 5.92 Å². The third-order valence-electron chi connectivity index (χ3n) is 5.95. The van der Waals surface area contributed by atoms with Crippen LogP contribution in [0.25, 0.3) is 0 Å². The van der Waals surface area contributed by atoms with Gasteiger partial charge < -0.3 is 24.0 Å². The first-order valence-electron chi connectivity index (χ1n) is 10.8. The molecule has 2 amide bonds. The second-order valence-electron chi connectivity index (χ2n) is 8.33. The molecule has 0 bridgehead atoms. The molecule has 3 aliphatic rings. The van der Waals surface area contributed by atoms with Gasteiger partial charge in [-0.05, 0) is 49.1 Å². The molecule has 31 heavy (non-hydrogen) atoms. The van der Waals surface area contributed by atoms with Crippen LogP contribution >= 0.6 is 0 Å². The number of hydrogen-bond donors (Lipinski definition) is 0. The Hall–Kier alpha value is -3.06. The Labute approximate surface area is 181 Å². The van der Waals surface area contributed by atoms with Gasteiger partial charge in [0.05, 0.1) is 12.7 Å². The summed E-state index contributed by atoms with van der Waals surface area (Å²) >= 11 is 0. The van der Waals surface area contributed by atoms with E-state index < -0.39 is 0 Å². The number of amides is 2. The SMILES string of the molecule is O=C(c1ccccc1)N1CCOC(CN(CC2CC2)C(=O)c2ccc3c(c2)OCO3)C1. The lowest BCUT2D eigenvalue weighted by Gasteiger charge is -2.36. The lowest BCUT2D eigenvalue weighted by atomic mass is 10.1. The number of hydrogen-bond acceptors (Lipinski definition) is 5. The smallest absolute Gasteiger partial charge is 0.254 e. The Morgan fingerprint density at radius 1 is 0.968 bits per heavy atom. The number of nitrogens with zero attached hydrogens (tertiary/aromatic N) is 2. The highest BCUT2D eigenvalue weighted by molar-refractivity contribution is 5.95. The number of benzene rings is 2. The van der Waals surface area contributed by atoms with Gasteiger partial charge in [0.25, 0.3) is 11.8 Å². The first-order valence-corrected chi connectivity index (χ1v) is 10.8. The van der Waals surface area contributed by atoms with Crippen molar-refractivity contribution in [1.82, 2.24) is 9.80 Å². The third-order valence-corrected chi connectivity index (χ3v) is 5.95. The Morgan fingerprint density at radius 3 is 2.58 bits per heavy atom. The van der Waals surface area contributed by atoms with Crippen LogP contribution in [-0.2, 0) is 4.74 Å². The highest BCUT2D eigenvalue weighted by Crippen LogP contribution is 2.34. The summed E-state index contributed by atoms with van der Waals surface area (Å²) in [5.41, 5.74) is 1.26. The molecule has 1 saturated heterocycles. The van der Waals surface area contributed by atoms with Crippen molar-refractivity contribution >= 4 is 11.8 Å². The van der Waals surface area contributed by atoms with Crippen LogP contribution in [0.3, 0.4) is 0 Å². The fourth-order valence-electron chi connectivity index (χ4n) is 4.09. The van der Waals surface area contributed by atoms with Crippen LogP contribution in [0.15, 0.2) is 48.5 Å². The zero-order valence-electron chi connectivity index (χ0n) is 17.4. The molecule has 1 unspecified atom stereocenters. The molecule has 0 spiro atoms. The minimum absolute atomic E-state index is 0.00439. The maximum atomic E-state index is 13.3. The summed E-state index contributed by atoms with van der Waals surface area (Å²) in [7, 11) is 0. The molecule has 1 saturated carbocycles. The average Bonchev–Trinajstić information content (AvgIpc) is 3.51. The summed E-state index contributed by atoms with van der Waals surface area (Å²) in [6, 6.07) is 14.6. The van der Waals surface area contributed by atoms with E-state index in [2.05, 4.69) is 0 Å². The van der Waals surface area contributed by atoms with Crippen LogP contribution in [0.2, 0.25) is 0 Å². The summed E-state index contributed by atoms with van der Waals surface area (Å²) in [5, 5.41) is 0.